The van der Waals surface area contributed by atoms with E-state index in [0.717, 1.165) is 15.6 Å². The molecule has 0 aliphatic carbocycles. The van der Waals surface area contributed by atoms with Crippen LogP contribution in [0, 0.1) is 0 Å². The van der Waals surface area contributed by atoms with Gasteiger partial charge in [0, 0.05) is 22.5 Å². The van der Waals surface area contributed by atoms with E-state index < -0.39 is 9.84 Å². The Bertz CT molecular complexity index is 537. The van der Waals surface area contributed by atoms with E-state index in [-0.39, 0.29) is 11.8 Å². The minimum Gasteiger partial charge on any atom is -0.284 e. The van der Waals surface area contributed by atoms with E-state index in [2.05, 4.69) is 20.9 Å². The number of hydrogen-bond acceptors (Lipinski definition) is 3. The van der Waals surface area contributed by atoms with Gasteiger partial charge >= 0.3 is 0 Å². The second-order valence-corrected chi connectivity index (χ2v) is 7.07. The molecule has 0 spiro atoms. The number of benzene rings is 1. The number of aliphatic imine (C=N–C) groups is 1. The van der Waals surface area contributed by atoms with Crippen LogP contribution in [0.1, 0.15) is 23.6 Å². The highest BCUT2D eigenvalue weighted by Gasteiger charge is 2.21. The lowest BCUT2D eigenvalue weighted by Crippen LogP contribution is -2.06. The van der Waals surface area contributed by atoms with Crippen molar-refractivity contribution in [1.82, 2.24) is 0 Å². The van der Waals surface area contributed by atoms with E-state index in [9.17, 15) is 8.42 Å². The zero-order valence-electron chi connectivity index (χ0n) is 8.85. The Hall–Kier alpha value is -0.680. The van der Waals surface area contributed by atoms with Crippen molar-refractivity contribution in [3.8, 4) is 0 Å². The van der Waals surface area contributed by atoms with Gasteiger partial charge in [0.25, 0.3) is 0 Å². The van der Waals surface area contributed by atoms with Gasteiger partial charge in [-0.1, -0.05) is 28.1 Å². The second kappa shape index (κ2) is 4.30. The molecule has 0 radical (unpaired) electrons. The summed E-state index contributed by atoms with van der Waals surface area (Å²) in [4.78, 5) is 4.35. The first-order valence-corrected chi connectivity index (χ1v) is 7.82. The zero-order valence-corrected chi connectivity index (χ0v) is 11.3. The standard InChI is InChI=1S/C11H12BrNO2S/c1-16(14,15)6-5-11-8-3-2-4-10(12)9(8)7-13-11/h2-4,7,11H,5-6H2,1H3. The van der Waals surface area contributed by atoms with Crippen molar-refractivity contribution in [2.24, 2.45) is 4.99 Å². The van der Waals surface area contributed by atoms with Crippen molar-refractivity contribution in [3.05, 3.63) is 33.8 Å². The molecule has 3 nitrogen and oxygen atoms in total. The van der Waals surface area contributed by atoms with Crippen molar-refractivity contribution in [3.63, 3.8) is 0 Å². The molecule has 0 saturated carbocycles. The van der Waals surface area contributed by atoms with Crippen molar-refractivity contribution in [1.29, 1.82) is 0 Å². The number of fused-ring (bicyclic) bond motifs is 1. The van der Waals surface area contributed by atoms with Gasteiger partial charge in [-0.3, -0.25) is 4.99 Å². The SMILES string of the molecule is CS(=O)(=O)CCC1N=Cc2c(Br)cccc21. The maximum Gasteiger partial charge on any atom is 0.147 e. The zero-order chi connectivity index (χ0) is 11.8. The van der Waals surface area contributed by atoms with E-state index in [1.807, 2.05) is 24.4 Å². The summed E-state index contributed by atoms with van der Waals surface area (Å²) in [5.74, 6) is 0.182. The van der Waals surface area contributed by atoms with E-state index in [0.29, 0.717) is 6.42 Å². The Labute approximate surface area is 104 Å². The van der Waals surface area contributed by atoms with Gasteiger partial charge in [-0.05, 0) is 18.1 Å². The summed E-state index contributed by atoms with van der Waals surface area (Å²) >= 11 is 3.46. The average molecular weight is 302 g/mol. The Kier molecular flexibility index (Phi) is 3.17. The largest absolute Gasteiger partial charge is 0.284 e. The van der Waals surface area contributed by atoms with Crippen LogP contribution in [0.4, 0.5) is 0 Å². The molecule has 0 fully saturated rings. The van der Waals surface area contributed by atoms with E-state index in [1.54, 1.807) is 0 Å². The van der Waals surface area contributed by atoms with Crippen LogP contribution < -0.4 is 0 Å². The van der Waals surface area contributed by atoms with Gasteiger partial charge in [0.05, 0.1) is 11.8 Å². The highest BCUT2D eigenvalue weighted by atomic mass is 79.9. The molecule has 86 valence electrons. The summed E-state index contributed by atoms with van der Waals surface area (Å²) in [6.45, 7) is 0. The predicted octanol–water partition coefficient (Wildman–Crippen LogP) is 2.36. The van der Waals surface area contributed by atoms with Crippen molar-refractivity contribution < 1.29 is 8.42 Å². The van der Waals surface area contributed by atoms with Crippen LogP contribution in [-0.2, 0) is 9.84 Å². The molecule has 16 heavy (non-hydrogen) atoms. The Balaban J connectivity index is 2.19. The summed E-state index contributed by atoms with van der Waals surface area (Å²) in [5.41, 5.74) is 2.18. The number of halogens is 1. The molecule has 0 bridgehead atoms. The number of nitrogens with zero attached hydrogens (tertiary/aromatic N) is 1. The molecule has 0 saturated heterocycles. The molecule has 2 rings (SSSR count). The monoisotopic (exact) mass is 301 g/mol. The maximum atomic E-state index is 11.1. The molecule has 1 aromatic carbocycles. The van der Waals surface area contributed by atoms with Crippen LogP contribution in [0.15, 0.2) is 27.7 Å². The van der Waals surface area contributed by atoms with Crippen LogP contribution >= 0.6 is 15.9 Å². The highest BCUT2D eigenvalue weighted by molar-refractivity contribution is 9.10. The van der Waals surface area contributed by atoms with Gasteiger partial charge in [-0.2, -0.15) is 0 Å². The summed E-state index contributed by atoms with van der Waals surface area (Å²) in [5, 5.41) is 0. The highest BCUT2D eigenvalue weighted by Crippen LogP contribution is 2.33. The lowest BCUT2D eigenvalue weighted by Gasteiger charge is -2.09. The van der Waals surface area contributed by atoms with E-state index >= 15 is 0 Å². The Morgan fingerprint density at radius 3 is 2.88 bits per heavy atom. The molecule has 5 heteroatoms. The molecule has 1 aliphatic heterocycles. The van der Waals surface area contributed by atoms with E-state index in [1.165, 1.54) is 6.26 Å². The van der Waals surface area contributed by atoms with Gasteiger partial charge < -0.3 is 0 Å². The average Bonchev–Trinajstić information content (AvgIpc) is 2.58. The number of rotatable bonds is 3. The molecule has 1 aliphatic rings. The van der Waals surface area contributed by atoms with Crippen LogP contribution in [0.25, 0.3) is 0 Å². The smallest absolute Gasteiger partial charge is 0.147 e. The molecule has 1 heterocycles. The fraction of sp³-hybridized carbons (Fsp3) is 0.364. The fourth-order valence-corrected chi connectivity index (χ4v) is 2.92. The van der Waals surface area contributed by atoms with Gasteiger partial charge in [-0.15, -0.1) is 0 Å². The van der Waals surface area contributed by atoms with Gasteiger partial charge in [0.15, 0.2) is 0 Å². The van der Waals surface area contributed by atoms with Crippen molar-refractivity contribution in [2.75, 3.05) is 12.0 Å². The summed E-state index contributed by atoms with van der Waals surface area (Å²) in [6, 6.07) is 5.90. The topological polar surface area (TPSA) is 46.5 Å². The second-order valence-electron chi connectivity index (χ2n) is 3.96. The minimum atomic E-state index is -2.91. The normalized spacial score (nSPS) is 18.8. The maximum absolute atomic E-state index is 11.1. The quantitative estimate of drug-likeness (QED) is 0.860. The van der Waals surface area contributed by atoms with Crippen molar-refractivity contribution in [2.45, 2.75) is 12.5 Å². The first-order chi connectivity index (χ1) is 7.47. The van der Waals surface area contributed by atoms with Crippen LogP contribution in [0.3, 0.4) is 0 Å². The predicted molar refractivity (Wildman–Crippen MR) is 68.8 cm³/mol. The third-order valence-electron chi connectivity index (χ3n) is 2.59. The number of sulfone groups is 1. The summed E-state index contributed by atoms with van der Waals surface area (Å²) in [7, 11) is -2.91. The molecule has 0 aromatic heterocycles. The third kappa shape index (κ3) is 2.52. The lowest BCUT2D eigenvalue weighted by molar-refractivity contribution is 0.593. The lowest BCUT2D eigenvalue weighted by atomic mass is 10.0. The van der Waals surface area contributed by atoms with Gasteiger partial charge in [-0.25, -0.2) is 8.42 Å². The molecule has 0 amide bonds. The van der Waals surface area contributed by atoms with Crippen LogP contribution in [-0.4, -0.2) is 26.6 Å². The van der Waals surface area contributed by atoms with Gasteiger partial charge in [0.2, 0.25) is 0 Å². The van der Waals surface area contributed by atoms with Crippen molar-refractivity contribution >= 4 is 32.0 Å². The first-order valence-electron chi connectivity index (χ1n) is 4.97. The minimum absolute atomic E-state index is 0.0118. The van der Waals surface area contributed by atoms with Gasteiger partial charge in [0.1, 0.15) is 9.84 Å². The Morgan fingerprint density at radius 1 is 1.44 bits per heavy atom. The molecule has 1 aromatic rings. The molecular weight excluding hydrogens is 290 g/mol. The molecule has 0 N–H and O–H groups in total. The molecule has 1 unspecified atom stereocenters. The molecule has 1 atom stereocenters. The molecular formula is C11H12BrNO2S. The van der Waals surface area contributed by atoms with E-state index in [4.69, 9.17) is 0 Å². The summed E-state index contributed by atoms with van der Waals surface area (Å²) < 4.78 is 23.2. The summed E-state index contributed by atoms with van der Waals surface area (Å²) in [6.07, 6.45) is 3.62. The first kappa shape index (κ1) is 11.8. The van der Waals surface area contributed by atoms with Crippen LogP contribution in [0.5, 0.6) is 0 Å². The fourth-order valence-electron chi connectivity index (χ4n) is 1.78. The van der Waals surface area contributed by atoms with Crippen LogP contribution in [0.2, 0.25) is 0 Å². The number of hydrogen-bond donors (Lipinski definition) is 0. The Morgan fingerprint density at radius 2 is 2.19 bits per heavy atom. The third-order valence-corrected chi connectivity index (χ3v) is 4.26.